The van der Waals surface area contributed by atoms with Crippen LogP contribution in [0.3, 0.4) is 0 Å². The Balaban J connectivity index is 1.47. The number of carbonyl (C=O) groups excluding carboxylic acids is 1. The van der Waals surface area contributed by atoms with E-state index >= 15 is 0 Å². The minimum Gasteiger partial charge on any atom is -0.351 e. The maximum atomic E-state index is 12.0. The van der Waals surface area contributed by atoms with Gasteiger partial charge in [-0.3, -0.25) is 4.79 Å². The molecule has 114 valence electrons. The monoisotopic (exact) mass is 289 g/mol. The van der Waals surface area contributed by atoms with E-state index in [1.54, 1.807) is 12.4 Å². The lowest BCUT2D eigenvalue weighted by molar-refractivity contribution is 0.0926. The largest absolute Gasteiger partial charge is 0.351 e. The summed E-state index contributed by atoms with van der Waals surface area (Å²) in [6.07, 6.45) is 6.98. The van der Waals surface area contributed by atoms with Crippen LogP contribution in [0.25, 0.3) is 0 Å². The third-order valence-electron chi connectivity index (χ3n) is 4.56. The molecule has 3 rings (SSSR count). The number of piperazine rings is 1. The topological polar surface area (TPSA) is 61.4 Å². The summed E-state index contributed by atoms with van der Waals surface area (Å²) in [7, 11) is 2.17. The van der Waals surface area contributed by atoms with E-state index in [-0.39, 0.29) is 5.91 Å². The SMILES string of the molecule is CN1CCN(CC2(CNC(=O)c3cncnc3)CC2)CC1. The predicted octanol–water partition coefficient (Wildman–Crippen LogP) is 0.234. The highest BCUT2D eigenvalue weighted by Crippen LogP contribution is 2.45. The Labute approximate surface area is 125 Å². The second-order valence-electron chi connectivity index (χ2n) is 6.39. The quantitative estimate of drug-likeness (QED) is 0.841. The second kappa shape index (κ2) is 6.07. The number of nitrogens with zero attached hydrogens (tertiary/aromatic N) is 4. The Bertz CT molecular complexity index is 480. The van der Waals surface area contributed by atoms with Gasteiger partial charge in [0.1, 0.15) is 6.33 Å². The van der Waals surface area contributed by atoms with E-state index in [0.29, 0.717) is 11.0 Å². The van der Waals surface area contributed by atoms with Gasteiger partial charge in [0.2, 0.25) is 0 Å². The van der Waals surface area contributed by atoms with Gasteiger partial charge in [0, 0.05) is 57.1 Å². The molecule has 1 N–H and O–H groups in total. The highest BCUT2D eigenvalue weighted by Gasteiger charge is 2.44. The summed E-state index contributed by atoms with van der Waals surface area (Å²) in [5.41, 5.74) is 0.828. The molecule has 21 heavy (non-hydrogen) atoms. The highest BCUT2D eigenvalue weighted by atomic mass is 16.1. The fourth-order valence-corrected chi connectivity index (χ4v) is 2.83. The molecule has 6 nitrogen and oxygen atoms in total. The minimum absolute atomic E-state index is 0.0692. The van der Waals surface area contributed by atoms with E-state index in [4.69, 9.17) is 0 Å². The van der Waals surface area contributed by atoms with Gasteiger partial charge in [0.25, 0.3) is 5.91 Å². The Hall–Kier alpha value is -1.53. The van der Waals surface area contributed by atoms with Gasteiger partial charge in [0.15, 0.2) is 0 Å². The van der Waals surface area contributed by atoms with Gasteiger partial charge in [-0.05, 0) is 19.9 Å². The number of aromatic nitrogens is 2. The third kappa shape index (κ3) is 3.77. The van der Waals surface area contributed by atoms with Crippen LogP contribution in [-0.2, 0) is 0 Å². The number of carbonyl (C=O) groups is 1. The van der Waals surface area contributed by atoms with E-state index < -0.39 is 0 Å². The van der Waals surface area contributed by atoms with E-state index in [0.717, 1.165) is 39.3 Å². The van der Waals surface area contributed by atoms with Crippen LogP contribution in [0.1, 0.15) is 23.2 Å². The molecule has 6 heteroatoms. The zero-order chi connectivity index (χ0) is 14.7. The number of hydrogen-bond acceptors (Lipinski definition) is 5. The summed E-state index contributed by atoms with van der Waals surface area (Å²) in [4.78, 5) is 24.7. The van der Waals surface area contributed by atoms with Crippen molar-refractivity contribution in [3.63, 3.8) is 0 Å². The van der Waals surface area contributed by atoms with Gasteiger partial charge in [-0.2, -0.15) is 0 Å². The fraction of sp³-hybridized carbons (Fsp3) is 0.667. The van der Waals surface area contributed by atoms with Crippen LogP contribution in [-0.4, -0.2) is 72.0 Å². The molecule has 0 spiro atoms. The predicted molar refractivity (Wildman–Crippen MR) is 80.0 cm³/mol. The molecule has 1 saturated heterocycles. The van der Waals surface area contributed by atoms with Crippen LogP contribution in [0.5, 0.6) is 0 Å². The van der Waals surface area contributed by atoms with E-state index in [2.05, 4.69) is 32.1 Å². The molecule has 0 atom stereocenters. The van der Waals surface area contributed by atoms with Crippen molar-refractivity contribution < 1.29 is 4.79 Å². The van der Waals surface area contributed by atoms with Crippen molar-refractivity contribution in [1.29, 1.82) is 0 Å². The molecule has 2 aliphatic rings. The van der Waals surface area contributed by atoms with E-state index in [1.807, 2.05) is 0 Å². The van der Waals surface area contributed by atoms with Crippen LogP contribution in [0, 0.1) is 5.41 Å². The zero-order valence-electron chi connectivity index (χ0n) is 12.6. The van der Waals surface area contributed by atoms with Crippen molar-refractivity contribution in [2.75, 3.05) is 46.3 Å². The van der Waals surface area contributed by atoms with Crippen LogP contribution < -0.4 is 5.32 Å². The van der Waals surface area contributed by atoms with Crippen LogP contribution in [0.15, 0.2) is 18.7 Å². The summed E-state index contributed by atoms with van der Waals surface area (Å²) in [5.74, 6) is -0.0692. The van der Waals surface area contributed by atoms with Crippen molar-refractivity contribution in [2.45, 2.75) is 12.8 Å². The van der Waals surface area contributed by atoms with Crippen molar-refractivity contribution in [1.82, 2.24) is 25.1 Å². The standard InChI is InChI=1S/C15H23N5O/c1-19-4-6-20(7-5-19)11-15(2-3-15)10-18-14(21)13-8-16-12-17-9-13/h8-9,12H,2-7,10-11H2,1H3,(H,18,21). The molecule has 1 saturated carbocycles. The maximum Gasteiger partial charge on any atom is 0.254 e. The molecule has 2 fully saturated rings. The molecule has 0 bridgehead atoms. The summed E-state index contributed by atoms with van der Waals surface area (Å²) in [5, 5.41) is 3.04. The lowest BCUT2D eigenvalue weighted by atomic mass is 10.1. The summed E-state index contributed by atoms with van der Waals surface area (Å²) in [6.45, 7) is 6.42. The van der Waals surface area contributed by atoms with Gasteiger partial charge < -0.3 is 15.1 Å². The summed E-state index contributed by atoms with van der Waals surface area (Å²) in [6, 6.07) is 0. The number of hydrogen-bond donors (Lipinski definition) is 1. The number of rotatable bonds is 5. The zero-order valence-corrected chi connectivity index (χ0v) is 12.6. The molecule has 0 radical (unpaired) electrons. The van der Waals surface area contributed by atoms with Crippen molar-refractivity contribution >= 4 is 5.91 Å². The molecular formula is C15H23N5O. The first kappa shape index (κ1) is 14.4. The average molecular weight is 289 g/mol. The Morgan fingerprint density at radius 2 is 1.90 bits per heavy atom. The Kier molecular flexibility index (Phi) is 4.17. The first-order valence-corrected chi connectivity index (χ1v) is 7.61. The van der Waals surface area contributed by atoms with Gasteiger partial charge >= 0.3 is 0 Å². The molecule has 1 aromatic heterocycles. The number of likely N-dealkylation sites (N-methyl/N-ethyl adjacent to an activating group) is 1. The molecule has 1 aliphatic carbocycles. The molecule has 1 amide bonds. The van der Waals surface area contributed by atoms with Crippen LogP contribution in [0.2, 0.25) is 0 Å². The smallest absolute Gasteiger partial charge is 0.254 e. The van der Waals surface area contributed by atoms with Gasteiger partial charge in [-0.1, -0.05) is 0 Å². The van der Waals surface area contributed by atoms with Crippen molar-refractivity contribution in [3.05, 3.63) is 24.3 Å². The minimum atomic E-state index is -0.0692. The van der Waals surface area contributed by atoms with Gasteiger partial charge in [-0.15, -0.1) is 0 Å². The molecule has 1 aliphatic heterocycles. The number of amides is 1. The normalized spacial score (nSPS) is 22.0. The van der Waals surface area contributed by atoms with E-state index in [1.165, 1.54) is 19.2 Å². The van der Waals surface area contributed by atoms with Crippen LogP contribution >= 0.6 is 0 Å². The lowest BCUT2D eigenvalue weighted by Crippen LogP contribution is -2.47. The lowest BCUT2D eigenvalue weighted by Gasteiger charge is -2.34. The molecule has 1 aromatic rings. The maximum absolute atomic E-state index is 12.0. The number of nitrogens with one attached hydrogen (secondary N) is 1. The molecular weight excluding hydrogens is 266 g/mol. The van der Waals surface area contributed by atoms with E-state index in [9.17, 15) is 4.79 Å². The Morgan fingerprint density at radius 3 is 2.52 bits per heavy atom. The van der Waals surface area contributed by atoms with Crippen molar-refractivity contribution in [2.24, 2.45) is 5.41 Å². The molecule has 2 heterocycles. The molecule has 0 unspecified atom stereocenters. The Morgan fingerprint density at radius 1 is 1.24 bits per heavy atom. The second-order valence-corrected chi connectivity index (χ2v) is 6.39. The first-order valence-electron chi connectivity index (χ1n) is 7.61. The fourth-order valence-electron chi connectivity index (χ4n) is 2.83. The van der Waals surface area contributed by atoms with Crippen molar-refractivity contribution in [3.8, 4) is 0 Å². The highest BCUT2D eigenvalue weighted by molar-refractivity contribution is 5.93. The summed E-state index contributed by atoms with van der Waals surface area (Å²) < 4.78 is 0. The van der Waals surface area contributed by atoms with Crippen LogP contribution in [0.4, 0.5) is 0 Å². The van der Waals surface area contributed by atoms with Gasteiger partial charge in [-0.25, -0.2) is 9.97 Å². The summed E-state index contributed by atoms with van der Waals surface area (Å²) >= 11 is 0. The molecule has 0 aromatic carbocycles. The average Bonchev–Trinajstić information content (AvgIpc) is 3.28. The van der Waals surface area contributed by atoms with Gasteiger partial charge in [0.05, 0.1) is 5.56 Å². The first-order chi connectivity index (χ1) is 10.2. The third-order valence-corrected chi connectivity index (χ3v) is 4.56.